The zero-order valence-electron chi connectivity index (χ0n) is 8.97. The summed E-state index contributed by atoms with van der Waals surface area (Å²) in [6.07, 6.45) is 6.55. The van der Waals surface area contributed by atoms with E-state index in [0.29, 0.717) is 31.6 Å². The van der Waals surface area contributed by atoms with E-state index in [0.717, 1.165) is 6.41 Å². The Morgan fingerprint density at radius 2 is 2.19 bits per heavy atom. The molecule has 0 N–H and O–H groups in total. The Morgan fingerprint density at radius 1 is 1.44 bits per heavy atom. The van der Waals surface area contributed by atoms with Gasteiger partial charge in [-0.05, 0) is 12.8 Å². The fraction of sp³-hybridized carbons (Fsp3) is 0.545. The minimum absolute atomic E-state index is 0.285. The number of hydrogen-bond acceptors (Lipinski definition) is 3. The van der Waals surface area contributed by atoms with E-state index in [1.807, 2.05) is 0 Å². The van der Waals surface area contributed by atoms with Gasteiger partial charge in [-0.1, -0.05) is 0 Å². The molecule has 4 nitrogen and oxygen atoms in total. The van der Waals surface area contributed by atoms with Crippen LogP contribution in [0, 0.1) is 0 Å². The Hall–Kier alpha value is -1.52. The van der Waals surface area contributed by atoms with E-state index in [9.17, 15) is 9.18 Å². The fourth-order valence-corrected chi connectivity index (χ4v) is 1.95. The van der Waals surface area contributed by atoms with E-state index < -0.39 is 5.67 Å². The van der Waals surface area contributed by atoms with Crippen LogP contribution in [0.25, 0.3) is 0 Å². The third kappa shape index (κ3) is 2.53. The molecule has 1 aromatic rings. The van der Waals surface area contributed by atoms with Crippen LogP contribution in [0.15, 0.2) is 18.6 Å². The van der Waals surface area contributed by atoms with Gasteiger partial charge in [-0.15, -0.1) is 0 Å². The van der Waals surface area contributed by atoms with E-state index in [2.05, 4.69) is 9.97 Å². The van der Waals surface area contributed by atoms with Gasteiger partial charge in [0.2, 0.25) is 6.41 Å². The molecule has 0 unspecified atom stereocenters. The fourth-order valence-electron chi connectivity index (χ4n) is 1.95. The van der Waals surface area contributed by atoms with Crippen LogP contribution in [0.3, 0.4) is 0 Å². The van der Waals surface area contributed by atoms with Crippen molar-refractivity contribution >= 4 is 6.41 Å². The Morgan fingerprint density at radius 3 is 2.75 bits per heavy atom. The van der Waals surface area contributed by atoms with Crippen molar-refractivity contribution in [2.45, 2.75) is 24.9 Å². The molecule has 5 heteroatoms. The van der Waals surface area contributed by atoms with Gasteiger partial charge in [0, 0.05) is 38.1 Å². The van der Waals surface area contributed by atoms with Crippen molar-refractivity contribution in [1.82, 2.24) is 14.9 Å². The van der Waals surface area contributed by atoms with Crippen molar-refractivity contribution in [3.8, 4) is 0 Å². The monoisotopic (exact) mass is 223 g/mol. The number of rotatable bonds is 3. The maximum Gasteiger partial charge on any atom is 0.209 e. The van der Waals surface area contributed by atoms with Gasteiger partial charge in [-0.25, -0.2) is 4.39 Å². The summed E-state index contributed by atoms with van der Waals surface area (Å²) in [6, 6.07) is 0. The highest BCUT2D eigenvalue weighted by Crippen LogP contribution is 2.29. The van der Waals surface area contributed by atoms with Crippen LogP contribution < -0.4 is 0 Å². The third-order valence-electron chi connectivity index (χ3n) is 2.96. The first-order valence-electron chi connectivity index (χ1n) is 5.35. The number of amides is 1. The molecule has 1 saturated heterocycles. The van der Waals surface area contributed by atoms with Crippen molar-refractivity contribution in [3.63, 3.8) is 0 Å². The summed E-state index contributed by atoms with van der Waals surface area (Å²) >= 11 is 0. The van der Waals surface area contributed by atoms with Crippen molar-refractivity contribution in [2.24, 2.45) is 0 Å². The molecular formula is C11H14FN3O. The van der Waals surface area contributed by atoms with Gasteiger partial charge in [0.15, 0.2) is 0 Å². The SMILES string of the molecule is O=CN1CCC(F)(Cc2cnccn2)CC1. The summed E-state index contributed by atoms with van der Waals surface area (Å²) in [7, 11) is 0. The quantitative estimate of drug-likeness (QED) is 0.717. The number of piperidine rings is 1. The largest absolute Gasteiger partial charge is 0.345 e. The lowest BCUT2D eigenvalue weighted by Crippen LogP contribution is -2.42. The maximum atomic E-state index is 14.4. The topological polar surface area (TPSA) is 46.1 Å². The first kappa shape index (κ1) is 11.0. The van der Waals surface area contributed by atoms with Gasteiger partial charge in [-0.3, -0.25) is 14.8 Å². The summed E-state index contributed by atoms with van der Waals surface area (Å²) in [4.78, 5) is 20.1. The number of likely N-dealkylation sites (tertiary alicyclic amines) is 1. The highest BCUT2D eigenvalue weighted by molar-refractivity contribution is 5.47. The van der Waals surface area contributed by atoms with Crippen molar-refractivity contribution in [1.29, 1.82) is 0 Å². The summed E-state index contributed by atoms with van der Waals surface area (Å²) in [5, 5.41) is 0. The van der Waals surface area contributed by atoms with Gasteiger partial charge in [-0.2, -0.15) is 0 Å². The van der Waals surface area contributed by atoms with Gasteiger partial charge in [0.25, 0.3) is 0 Å². The van der Waals surface area contributed by atoms with E-state index >= 15 is 0 Å². The number of carbonyl (C=O) groups is 1. The first-order chi connectivity index (χ1) is 7.72. The molecule has 0 aromatic carbocycles. The summed E-state index contributed by atoms with van der Waals surface area (Å²) in [5.74, 6) is 0. The summed E-state index contributed by atoms with van der Waals surface area (Å²) in [6.45, 7) is 0.973. The second kappa shape index (κ2) is 4.55. The molecule has 86 valence electrons. The van der Waals surface area contributed by atoms with Crippen LogP contribution in [0.4, 0.5) is 4.39 Å². The molecule has 1 aliphatic heterocycles. The number of halogens is 1. The molecule has 1 amide bonds. The van der Waals surface area contributed by atoms with Gasteiger partial charge >= 0.3 is 0 Å². The van der Waals surface area contributed by atoms with Crippen LogP contribution in [0.5, 0.6) is 0 Å². The molecule has 0 atom stereocenters. The molecule has 0 saturated carbocycles. The number of alkyl halides is 1. The maximum absolute atomic E-state index is 14.4. The van der Waals surface area contributed by atoms with E-state index in [1.165, 1.54) is 0 Å². The smallest absolute Gasteiger partial charge is 0.209 e. The Balaban J connectivity index is 1.97. The minimum Gasteiger partial charge on any atom is -0.345 e. The van der Waals surface area contributed by atoms with Crippen LogP contribution >= 0.6 is 0 Å². The molecule has 2 rings (SSSR count). The molecule has 0 radical (unpaired) electrons. The highest BCUT2D eigenvalue weighted by Gasteiger charge is 2.34. The van der Waals surface area contributed by atoms with Crippen LogP contribution in [-0.2, 0) is 11.2 Å². The van der Waals surface area contributed by atoms with Gasteiger partial charge < -0.3 is 4.90 Å². The number of aromatic nitrogens is 2. The van der Waals surface area contributed by atoms with Crippen LogP contribution in [-0.4, -0.2) is 40.0 Å². The Labute approximate surface area is 93.5 Å². The average molecular weight is 223 g/mol. The van der Waals surface area contributed by atoms with Crippen molar-refractivity contribution in [2.75, 3.05) is 13.1 Å². The summed E-state index contributed by atoms with van der Waals surface area (Å²) < 4.78 is 14.4. The molecule has 1 fully saturated rings. The standard InChI is InChI=1S/C11H14FN3O/c12-11(1-5-15(9-16)6-2-11)7-10-8-13-3-4-14-10/h3-4,8-9H,1-2,5-7H2. The first-order valence-corrected chi connectivity index (χ1v) is 5.35. The molecule has 1 aliphatic rings. The van der Waals surface area contributed by atoms with E-state index in [4.69, 9.17) is 0 Å². The van der Waals surface area contributed by atoms with E-state index in [1.54, 1.807) is 23.5 Å². The lowest BCUT2D eigenvalue weighted by Gasteiger charge is -2.34. The van der Waals surface area contributed by atoms with Gasteiger partial charge in [0.1, 0.15) is 5.67 Å². The molecular weight excluding hydrogens is 209 g/mol. The molecule has 0 bridgehead atoms. The number of carbonyl (C=O) groups excluding carboxylic acids is 1. The predicted molar refractivity (Wildman–Crippen MR) is 56.4 cm³/mol. The second-order valence-corrected chi connectivity index (χ2v) is 4.17. The Bertz CT molecular complexity index is 350. The Kier molecular flexibility index (Phi) is 3.12. The lowest BCUT2D eigenvalue weighted by molar-refractivity contribution is -0.120. The van der Waals surface area contributed by atoms with Crippen LogP contribution in [0.2, 0.25) is 0 Å². The van der Waals surface area contributed by atoms with Crippen molar-refractivity contribution in [3.05, 3.63) is 24.3 Å². The minimum atomic E-state index is -1.24. The van der Waals surface area contributed by atoms with Gasteiger partial charge in [0.05, 0.1) is 5.69 Å². The molecule has 0 spiro atoms. The molecule has 16 heavy (non-hydrogen) atoms. The number of nitrogens with zero attached hydrogens (tertiary/aromatic N) is 3. The van der Waals surface area contributed by atoms with Crippen molar-refractivity contribution < 1.29 is 9.18 Å². The molecule has 0 aliphatic carbocycles. The highest BCUT2D eigenvalue weighted by atomic mass is 19.1. The zero-order valence-corrected chi connectivity index (χ0v) is 8.97. The average Bonchev–Trinajstić information content (AvgIpc) is 2.31. The number of hydrogen-bond donors (Lipinski definition) is 0. The zero-order chi connectivity index (χ0) is 11.4. The normalized spacial score (nSPS) is 19.4. The lowest BCUT2D eigenvalue weighted by atomic mass is 9.89. The summed E-state index contributed by atoms with van der Waals surface area (Å²) in [5.41, 5.74) is -0.570. The predicted octanol–water partition coefficient (Wildman–Crippen LogP) is 0.980. The molecule has 1 aromatic heterocycles. The van der Waals surface area contributed by atoms with E-state index in [-0.39, 0.29) is 6.42 Å². The second-order valence-electron chi connectivity index (χ2n) is 4.17. The molecule has 2 heterocycles. The third-order valence-corrected chi connectivity index (χ3v) is 2.96. The van der Waals surface area contributed by atoms with Crippen LogP contribution in [0.1, 0.15) is 18.5 Å².